The molecule has 0 unspecified atom stereocenters. The number of rotatable bonds is 6. The zero-order chi connectivity index (χ0) is 22.0. The Balaban J connectivity index is 1.58. The van der Waals surface area contributed by atoms with Crippen molar-refractivity contribution < 1.29 is 14.0 Å². The highest BCUT2D eigenvalue weighted by molar-refractivity contribution is 9.10. The molecule has 2 N–H and O–H groups in total. The molecule has 0 radical (unpaired) electrons. The van der Waals surface area contributed by atoms with Gasteiger partial charge in [-0.2, -0.15) is 5.10 Å². The number of aromatic nitrogens is 3. The van der Waals surface area contributed by atoms with Gasteiger partial charge in [-0.05, 0) is 56.3 Å². The van der Waals surface area contributed by atoms with Crippen LogP contribution in [-0.4, -0.2) is 33.1 Å². The fourth-order valence-electron chi connectivity index (χ4n) is 3.13. The van der Waals surface area contributed by atoms with Crippen molar-refractivity contribution >= 4 is 44.5 Å². The Labute approximate surface area is 186 Å². The number of fused-ring (bicyclic) bond motifs is 1. The number of hydrogen-bond acceptors (Lipinski definition) is 5. The van der Waals surface area contributed by atoms with Crippen LogP contribution in [0, 0.1) is 0 Å². The van der Waals surface area contributed by atoms with Crippen molar-refractivity contribution in [3.05, 3.63) is 65.0 Å². The van der Waals surface area contributed by atoms with Gasteiger partial charge in [0.15, 0.2) is 11.4 Å². The van der Waals surface area contributed by atoms with Crippen LogP contribution in [0.1, 0.15) is 30.2 Å². The first-order chi connectivity index (χ1) is 14.9. The zero-order valence-electron chi connectivity index (χ0n) is 16.9. The summed E-state index contributed by atoms with van der Waals surface area (Å²) in [5.41, 5.74) is 2.12. The summed E-state index contributed by atoms with van der Waals surface area (Å²) in [6.07, 6.45) is 3.16. The third-order valence-electron chi connectivity index (χ3n) is 4.61. The number of nitrogens with one attached hydrogen (secondary N) is 2. The number of amides is 2. The molecule has 158 valence electrons. The van der Waals surface area contributed by atoms with E-state index in [1.165, 1.54) is 0 Å². The molecule has 0 saturated heterocycles. The van der Waals surface area contributed by atoms with E-state index >= 15 is 0 Å². The lowest BCUT2D eigenvalue weighted by Gasteiger charge is -2.10. The van der Waals surface area contributed by atoms with Gasteiger partial charge in [0.2, 0.25) is 5.91 Å². The summed E-state index contributed by atoms with van der Waals surface area (Å²) in [6, 6.07) is 12.4. The summed E-state index contributed by atoms with van der Waals surface area (Å²) >= 11 is 3.35. The molecule has 0 bridgehead atoms. The van der Waals surface area contributed by atoms with E-state index in [-0.39, 0.29) is 18.5 Å². The summed E-state index contributed by atoms with van der Waals surface area (Å²) in [4.78, 5) is 29.9. The second-order valence-corrected chi connectivity index (χ2v) is 8.11. The van der Waals surface area contributed by atoms with Gasteiger partial charge < -0.3 is 15.1 Å². The van der Waals surface area contributed by atoms with E-state index in [0.717, 1.165) is 4.47 Å². The topological polar surface area (TPSA) is 102 Å². The minimum absolute atomic E-state index is 0.0597. The van der Waals surface area contributed by atoms with E-state index in [1.807, 2.05) is 26.0 Å². The van der Waals surface area contributed by atoms with Crippen LogP contribution in [0.4, 0.5) is 5.69 Å². The minimum atomic E-state index is -0.394. The van der Waals surface area contributed by atoms with Gasteiger partial charge in [-0.25, -0.2) is 9.67 Å². The fraction of sp³-hybridized carbons (Fsp3) is 0.182. The molecular weight excluding hydrogens is 462 g/mol. The Kier molecular flexibility index (Phi) is 5.85. The maximum absolute atomic E-state index is 13.0. The van der Waals surface area contributed by atoms with E-state index < -0.39 is 5.91 Å². The molecule has 3 heterocycles. The molecule has 9 heteroatoms. The van der Waals surface area contributed by atoms with Crippen molar-refractivity contribution in [3.63, 3.8) is 0 Å². The van der Waals surface area contributed by atoms with Gasteiger partial charge in [-0.3, -0.25) is 9.59 Å². The summed E-state index contributed by atoms with van der Waals surface area (Å²) < 4.78 is 8.12. The van der Waals surface area contributed by atoms with Crippen LogP contribution in [-0.2, 0) is 4.79 Å². The minimum Gasteiger partial charge on any atom is -0.463 e. The van der Waals surface area contributed by atoms with Crippen LogP contribution < -0.4 is 10.6 Å². The highest BCUT2D eigenvalue weighted by Crippen LogP contribution is 2.26. The predicted octanol–water partition coefficient (Wildman–Crippen LogP) is 4.40. The fourth-order valence-corrected chi connectivity index (χ4v) is 3.39. The van der Waals surface area contributed by atoms with Crippen molar-refractivity contribution in [2.45, 2.75) is 19.9 Å². The highest BCUT2D eigenvalue weighted by Gasteiger charge is 2.19. The molecular formula is C22H20BrN5O3. The first-order valence-electron chi connectivity index (χ1n) is 9.68. The van der Waals surface area contributed by atoms with Crippen molar-refractivity contribution in [3.8, 4) is 11.5 Å². The van der Waals surface area contributed by atoms with Crippen LogP contribution in [0.25, 0.3) is 22.5 Å². The average molecular weight is 482 g/mol. The predicted molar refractivity (Wildman–Crippen MR) is 121 cm³/mol. The Morgan fingerprint density at radius 2 is 1.97 bits per heavy atom. The van der Waals surface area contributed by atoms with Crippen molar-refractivity contribution in [1.29, 1.82) is 0 Å². The summed E-state index contributed by atoms with van der Waals surface area (Å²) in [6.45, 7) is 3.80. The number of carbonyl (C=O) groups is 2. The van der Waals surface area contributed by atoms with Crippen LogP contribution >= 0.6 is 15.9 Å². The summed E-state index contributed by atoms with van der Waals surface area (Å²) in [5.74, 6) is -0.181. The van der Waals surface area contributed by atoms with Gasteiger partial charge in [0.1, 0.15) is 5.69 Å². The van der Waals surface area contributed by atoms with Crippen LogP contribution in [0.15, 0.2) is 63.8 Å². The Morgan fingerprint density at radius 3 is 2.65 bits per heavy atom. The maximum Gasteiger partial charge on any atom is 0.252 e. The number of benzene rings is 1. The van der Waals surface area contributed by atoms with E-state index in [0.29, 0.717) is 33.7 Å². The molecule has 0 saturated carbocycles. The van der Waals surface area contributed by atoms with E-state index in [4.69, 9.17) is 4.42 Å². The number of nitrogens with zero attached hydrogens (tertiary/aromatic N) is 3. The lowest BCUT2D eigenvalue weighted by atomic mass is 10.1. The summed E-state index contributed by atoms with van der Waals surface area (Å²) in [5, 5.41) is 10.4. The molecule has 8 nitrogen and oxygen atoms in total. The normalized spacial score (nSPS) is 11.1. The quantitative estimate of drug-likeness (QED) is 0.424. The molecule has 0 aliphatic carbocycles. The third kappa shape index (κ3) is 4.51. The smallest absolute Gasteiger partial charge is 0.252 e. The van der Waals surface area contributed by atoms with E-state index in [2.05, 4.69) is 36.6 Å². The van der Waals surface area contributed by atoms with Crippen LogP contribution in [0.2, 0.25) is 0 Å². The summed E-state index contributed by atoms with van der Waals surface area (Å²) in [7, 11) is 0. The molecule has 0 atom stereocenters. The molecule has 0 aliphatic rings. The maximum atomic E-state index is 13.0. The van der Waals surface area contributed by atoms with Crippen molar-refractivity contribution in [2.75, 3.05) is 11.9 Å². The Hall–Kier alpha value is -3.46. The number of halogens is 1. The highest BCUT2D eigenvalue weighted by atomic mass is 79.9. The molecule has 4 rings (SSSR count). The average Bonchev–Trinajstić information content (AvgIpc) is 3.43. The van der Waals surface area contributed by atoms with Crippen LogP contribution in [0.3, 0.4) is 0 Å². The second kappa shape index (κ2) is 8.73. The molecule has 3 aromatic heterocycles. The van der Waals surface area contributed by atoms with Gasteiger partial charge in [-0.1, -0.05) is 15.9 Å². The first-order valence-corrected chi connectivity index (χ1v) is 10.5. The zero-order valence-corrected chi connectivity index (χ0v) is 18.5. The molecule has 0 aliphatic heterocycles. The van der Waals surface area contributed by atoms with Gasteiger partial charge in [0.05, 0.1) is 30.0 Å². The number of carbonyl (C=O) groups excluding carboxylic acids is 2. The molecule has 1 aromatic carbocycles. The third-order valence-corrected chi connectivity index (χ3v) is 5.14. The van der Waals surface area contributed by atoms with Crippen LogP contribution in [0.5, 0.6) is 0 Å². The standard InChI is InChI=1S/C22H20BrN5O3/c1-13(2)28-21-17(11-25-28)16(10-18(27-21)19-4-3-9-31-19)22(30)24-12-20(29)26-15-7-5-14(23)6-8-15/h3-11,13H,12H2,1-2H3,(H,24,30)(H,26,29). The largest absolute Gasteiger partial charge is 0.463 e. The molecule has 0 spiro atoms. The molecule has 0 fully saturated rings. The molecule has 31 heavy (non-hydrogen) atoms. The molecule has 2 amide bonds. The number of anilines is 1. The lowest BCUT2D eigenvalue weighted by molar-refractivity contribution is -0.115. The van der Waals surface area contributed by atoms with Crippen molar-refractivity contribution in [2.24, 2.45) is 0 Å². The van der Waals surface area contributed by atoms with E-state index in [1.54, 1.807) is 47.5 Å². The number of pyridine rings is 1. The number of hydrogen-bond donors (Lipinski definition) is 2. The number of furan rings is 1. The molecule has 4 aromatic rings. The Morgan fingerprint density at radius 1 is 1.19 bits per heavy atom. The van der Waals surface area contributed by atoms with Gasteiger partial charge >= 0.3 is 0 Å². The van der Waals surface area contributed by atoms with E-state index in [9.17, 15) is 9.59 Å². The SMILES string of the molecule is CC(C)n1ncc2c(C(=O)NCC(=O)Nc3ccc(Br)cc3)cc(-c3ccco3)nc21. The lowest BCUT2D eigenvalue weighted by Crippen LogP contribution is -2.33. The monoisotopic (exact) mass is 481 g/mol. The van der Waals surface area contributed by atoms with Gasteiger partial charge in [0.25, 0.3) is 5.91 Å². The van der Waals surface area contributed by atoms with Gasteiger partial charge in [-0.15, -0.1) is 0 Å². The van der Waals surface area contributed by atoms with Gasteiger partial charge in [0, 0.05) is 16.2 Å². The van der Waals surface area contributed by atoms with Crippen molar-refractivity contribution in [1.82, 2.24) is 20.1 Å². The second-order valence-electron chi connectivity index (χ2n) is 7.19. The first kappa shape index (κ1) is 20.8. The Bertz CT molecular complexity index is 1230.